The number of aromatic nitrogens is 3. The highest BCUT2D eigenvalue weighted by Gasteiger charge is 2.16. The first-order valence-electron chi connectivity index (χ1n) is 10.1. The Hall–Kier alpha value is -2.47. The van der Waals surface area contributed by atoms with E-state index in [1.54, 1.807) is 12.4 Å². The maximum atomic E-state index is 12.7. The zero-order valence-corrected chi connectivity index (χ0v) is 16.8. The van der Waals surface area contributed by atoms with Crippen molar-refractivity contribution in [3.8, 4) is 0 Å². The molecule has 0 aromatic carbocycles. The maximum Gasteiger partial charge on any atom is 0.274 e. The first-order valence-corrected chi connectivity index (χ1v) is 11.0. The van der Waals surface area contributed by atoms with Gasteiger partial charge in [-0.05, 0) is 48.6 Å². The molecule has 0 bridgehead atoms. The molecule has 1 N–H and O–H groups in total. The van der Waals surface area contributed by atoms with Crippen LogP contribution in [0.4, 0.5) is 5.13 Å². The van der Waals surface area contributed by atoms with Crippen LogP contribution in [-0.2, 0) is 13.0 Å². The highest BCUT2D eigenvalue weighted by Crippen LogP contribution is 2.28. The monoisotopic (exact) mass is 394 g/mol. The molecule has 4 rings (SSSR count). The number of carbonyl (C=O) groups is 1. The molecule has 3 aromatic heterocycles. The Morgan fingerprint density at radius 1 is 1.18 bits per heavy atom. The van der Waals surface area contributed by atoms with E-state index in [1.165, 1.54) is 49.9 Å². The predicted octanol–water partition coefficient (Wildman–Crippen LogP) is 5.15. The molecule has 1 amide bonds. The Bertz CT molecular complexity index is 896. The minimum atomic E-state index is -0.118. The third kappa shape index (κ3) is 4.87. The van der Waals surface area contributed by atoms with Gasteiger partial charge in [0.05, 0.1) is 5.69 Å². The molecule has 3 heterocycles. The zero-order chi connectivity index (χ0) is 19.2. The van der Waals surface area contributed by atoms with E-state index in [0.29, 0.717) is 17.4 Å². The summed E-state index contributed by atoms with van der Waals surface area (Å²) in [6, 6.07) is 7.66. The van der Waals surface area contributed by atoms with E-state index in [0.717, 1.165) is 23.6 Å². The molecule has 0 saturated heterocycles. The largest absolute Gasteiger partial charge is 0.339 e. The van der Waals surface area contributed by atoms with E-state index in [2.05, 4.69) is 20.7 Å². The van der Waals surface area contributed by atoms with Crippen LogP contribution in [0.1, 0.15) is 60.3 Å². The van der Waals surface area contributed by atoms with E-state index in [9.17, 15) is 4.79 Å². The van der Waals surface area contributed by atoms with Crippen LogP contribution in [0, 0.1) is 5.92 Å². The molecule has 5 nitrogen and oxygen atoms in total. The number of hydrogen-bond donors (Lipinski definition) is 1. The fraction of sp³-hybridized carbons (Fsp3) is 0.409. The number of thiazole rings is 1. The molecule has 0 atom stereocenters. The van der Waals surface area contributed by atoms with Gasteiger partial charge in [0.15, 0.2) is 5.13 Å². The van der Waals surface area contributed by atoms with Crippen LogP contribution < -0.4 is 5.32 Å². The summed E-state index contributed by atoms with van der Waals surface area (Å²) in [5, 5.41) is 5.72. The fourth-order valence-corrected chi connectivity index (χ4v) is 4.65. The molecular formula is C22H26N4OS. The second-order valence-corrected chi connectivity index (χ2v) is 8.38. The lowest BCUT2D eigenvalue weighted by Crippen LogP contribution is -2.17. The molecule has 6 heteroatoms. The van der Waals surface area contributed by atoms with Crippen LogP contribution in [-0.4, -0.2) is 20.4 Å². The van der Waals surface area contributed by atoms with Gasteiger partial charge in [0.2, 0.25) is 0 Å². The second-order valence-electron chi connectivity index (χ2n) is 7.52. The molecule has 28 heavy (non-hydrogen) atoms. The number of pyridine rings is 1. The first kappa shape index (κ1) is 18.9. The average molecular weight is 395 g/mol. The molecule has 146 valence electrons. The summed E-state index contributed by atoms with van der Waals surface area (Å²) < 4.78 is 1.95. The van der Waals surface area contributed by atoms with Gasteiger partial charge in [-0.15, -0.1) is 11.3 Å². The molecule has 3 aromatic rings. The van der Waals surface area contributed by atoms with E-state index in [-0.39, 0.29) is 5.91 Å². The minimum Gasteiger partial charge on any atom is -0.339 e. The van der Waals surface area contributed by atoms with Crippen molar-refractivity contribution in [1.29, 1.82) is 0 Å². The van der Waals surface area contributed by atoms with Crippen molar-refractivity contribution in [2.24, 2.45) is 5.92 Å². The Balaban J connectivity index is 1.34. The van der Waals surface area contributed by atoms with Gasteiger partial charge in [0, 0.05) is 30.5 Å². The predicted molar refractivity (Wildman–Crippen MR) is 113 cm³/mol. The normalized spacial score (nSPS) is 14.9. The van der Waals surface area contributed by atoms with Crippen molar-refractivity contribution in [2.75, 3.05) is 5.32 Å². The zero-order valence-electron chi connectivity index (χ0n) is 16.0. The van der Waals surface area contributed by atoms with Crippen molar-refractivity contribution in [2.45, 2.75) is 51.5 Å². The lowest BCUT2D eigenvalue weighted by atomic mass is 9.86. The first-order chi connectivity index (χ1) is 13.8. The van der Waals surface area contributed by atoms with Crippen molar-refractivity contribution in [3.05, 3.63) is 65.2 Å². The number of anilines is 1. The quantitative estimate of drug-likeness (QED) is 0.603. The van der Waals surface area contributed by atoms with Crippen LogP contribution in [0.5, 0.6) is 0 Å². The van der Waals surface area contributed by atoms with Gasteiger partial charge in [0.1, 0.15) is 5.69 Å². The molecular weight excluding hydrogens is 368 g/mol. The molecule has 0 spiro atoms. The highest BCUT2D eigenvalue weighted by atomic mass is 32.1. The van der Waals surface area contributed by atoms with Crippen molar-refractivity contribution in [3.63, 3.8) is 0 Å². The fourth-order valence-electron chi connectivity index (χ4n) is 3.91. The molecule has 1 fully saturated rings. The van der Waals surface area contributed by atoms with E-state index in [1.807, 2.05) is 35.0 Å². The highest BCUT2D eigenvalue weighted by molar-refractivity contribution is 7.13. The molecule has 0 aliphatic heterocycles. The summed E-state index contributed by atoms with van der Waals surface area (Å²) in [5.74, 6) is 0.734. The van der Waals surface area contributed by atoms with Crippen LogP contribution in [0.15, 0.2) is 48.2 Å². The standard InChI is InChI=1S/C22H26N4OS/c27-21(20-7-4-14-26(20)15-18-10-12-23-13-11-18)25-22-24-19(16-28-22)9-8-17-5-2-1-3-6-17/h4,7,10-14,16-17H,1-3,5-6,8-9,15H2,(H,24,25,27). The van der Waals surface area contributed by atoms with Crippen LogP contribution in [0.2, 0.25) is 0 Å². The Kier molecular flexibility index (Phi) is 6.17. The van der Waals surface area contributed by atoms with Gasteiger partial charge in [-0.25, -0.2) is 4.98 Å². The summed E-state index contributed by atoms with van der Waals surface area (Å²) in [4.78, 5) is 21.4. The van der Waals surface area contributed by atoms with Gasteiger partial charge < -0.3 is 4.57 Å². The van der Waals surface area contributed by atoms with E-state index < -0.39 is 0 Å². The van der Waals surface area contributed by atoms with E-state index >= 15 is 0 Å². The van der Waals surface area contributed by atoms with Crippen LogP contribution in [0.3, 0.4) is 0 Å². The second kappa shape index (κ2) is 9.15. The molecule has 1 saturated carbocycles. The Morgan fingerprint density at radius 2 is 2.00 bits per heavy atom. The lowest BCUT2D eigenvalue weighted by Gasteiger charge is -2.20. The van der Waals surface area contributed by atoms with Gasteiger partial charge >= 0.3 is 0 Å². The number of hydrogen-bond acceptors (Lipinski definition) is 4. The minimum absolute atomic E-state index is 0.118. The van der Waals surface area contributed by atoms with Gasteiger partial charge in [-0.1, -0.05) is 32.1 Å². The van der Waals surface area contributed by atoms with Crippen molar-refractivity contribution < 1.29 is 4.79 Å². The number of carbonyl (C=O) groups excluding carboxylic acids is 1. The van der Waals surface area contributed by atoms with Crippen molar-refractivity contribution in [1.82, 2.24) is 14.5 Å². The molecule has 1 aliphatic rings. The van der Waals surface area contributed by atoms with Gasteiger partial charge in [-0.3, -0.25) is 15.1 Å². The van der Waals surface area contributed by atoms with E-state index in [4.69, 9.17) is 0 Å². The van der Waals surface area contributed by atoms with Gasteiger partial charge in [-0.2, -0.15) is 0 Å². The SMILES string of the molecule is O=C(Nc1nc(CCC2CCCCC2)cs1)c1cccn1Cc1ccncc1. The summed E-state index contributed by atoms with van der Waals surface area (Å²) >= 11 is 1.51. The van der Waals surface area contributed by atoms with Gasteiger partial charge in [0.25, 0.3) is 5.91 Å². The third-order valence-electron chi connectivity index (χ3n) is 5.47. The van der Waals surface area contributed by atoms with Crippen LogP contribution >= 0.6 is 11.3 Å². The number of nitrogens with zero attached hydrogens (tertiary/aromatic N) is 3. The van der Waals surface area contributed by atoms with Crippen LogP contribution in [0.25, 0.3) is 0 Å². The smallest absolute Gasteiger partial charge is 0.274 e. The Morgan fingerprint density at radius 3 is 2.82 bits per heavy atom. The number of rotatable bonds is 7. The molecule has 1 aliphatic carbocycles. The number of amides is 1. The number of nitrogens with one attached hydrogen (secondary N) is 1. The summed E-state index contributed by atoms with van der Waals surface area (Å²) in [6.07, 6.45) is 14.6. The third-order valence-corrected chi connectivity index (χ3v) is 6.28. The van der Waals surface area contributed by atoms with Crippen molar-refractivity contribution >= 4 is 22.4 Å². The summed E-state index contributed by atoms with van der Waals surface area (Å²) in [5.41, 5.74) is 2.84. The summed E-state index contributed by atoms with van der Waals surface area (Å²) in [6.45, 7) is 0.642. The Labute approximate surface area is 169 Å². The lowest BCUT2D eigenvalue weighted by molar-refractivity contribution is 0.101. The topological polar surface area (TPSA) is 59.8 Å². The maximum absolute atomic E-state index is 12.7. The molecule has 0 radical (unpaired) electrons. The average Bonchev–Trinajstić information content (AvgIpc) is 3.37. The summed E-state index contributed by atoms with van der Waals surface area (Å²) in [7, 11) is 0. The number of aryl methyl sites for hydroxylation is 1. The molecule has 0 unspecified atom stereocenters.